The molecule has 0 aliphatic carbocycles. The van der Waals surface area contributed by atoms with Crippen molar-refractivity contribution in [2.24, 2.45) is 0 Å². The number of phenols is 1. The zero-order valence-electron chi connectivity index (χ0n) is 17.5. The first kappa shape index (κ1) is 22.5. The third-order valence-electron chi connectivity index (χ3n) is 5.14. The molecule has 0 bridgehead atoms. The highest BCUT2D eigenvalue weighted by molar-refractivity contribution is 6.05. The largest absolute Gasteiger partial charge is 0.508 e. The Morgan fingerprint density at radius 2 is 1.79 bits per heavy atom. The molecule has 0 saturated heterocycles. The highest BCUT2D eigenvalue weighted by atomic mass is 16.5. The van der Waals surface area contributed by atoms with E-state index in [1.54, 1.807) is 6.07 Å². The maximum Gasteiger partial charge on any atom is 0.339 e. The predicted octanol–water partition coefficient (Wildman–Crippen LogP) is 5.09. The van der Waals surface area contributed by atoms with Crippen LogP contribution in [-0.2, 0) is 17.6 Å². The summed E-state index contributed by atoms with van der Waals surface area (Å²) in [6.07, 6.45) is 3.78. The number of ether oxygens (including phenoxy) is 1. The van der Waals surface area contributed by atoms with Gasteiger partial charge in [0.25, 0.3) is 0 Å². The highest BCUT2D eigenvalue weighted by Crippen LogP contribution is 2.24. The fraction of sp³-hybridized carbons (Fsp3) is 0.417. The van der Waals surface area contributed by atoms with E-state index in [1.807, 2.05) is 26.0 Å². The van der Waals surface area contributed by atoms with Crippen LogP contribution in [0.15, 0.2) is 36.4 Å². The second kappa shape index (κ2) is 10.6. The Bertz CT molecular complexity index is 860. The van der Waals surface area contributed by atoms with Crippen LogP contribution in [0, 0.1) is 0 Å². The smallest absolute Gasteiger partial charge is 0.339 e. The number of carbonyl (C=O) groups excluding carboxylic acids is 2. The number of unbranched alkanes of at least 4 members (excludes halogenated alkanes) is 2. The van der Waals surface area contributed by atoms with Crippen LogP contribution in [0.1, 0.15) is 78.3 Å². The molecule has 0 spiro atoms. The van der Waals surface area contributed by atoms with Gasteiger partial charge in [-0.25, -0.2) is 4.79 Å². The molecule has 0 aromatic heterocycles. The van der Waals surface area contributed by atoms with Gasteiger partial charge < -0.3 is 15.6 Å². The minimum Gasteiger partial charge on any atom is -0.508 e. The molecule has 156 valence electrons. The molecule has 1 atom stereocenters. The Balaban J connectivity index is 2.31. The summed E-state index contributed by atoms with van der Waals surface area (Å²) in [5.74, 6) is -0.830. The minimum atomic E-state index is -0.907. The first-order valence-corrected chi connectivity index (χ1v) is 10.4. The number of anilines is 1. The van der Waals surface area contributed by atoms with Crippen LogP contribution in [0.4, 0.5) is 5.69 Å². The minimum absolute atomic E-state index is 0.0115. The van der Waals surface area contributed by atoms with Crippen molar-refractivity contribution in [1.82, 2.24) is 0 Å². The van der Waals surface area contributed by atoms with E-state index in [1.165, 1.54) is 18.2 Å². The van der Waals surface area contributed by atoms with Crippen molar-refractivity contribution >= 4 is 17.4 Å². The van der Waals surface area contributed by atoms with E-state index in [0.29, 0.717) is 18.4 Å². The van der Waals surface area contributed by atoms with E-state index in [9.17, 15) is 14.7 Å². The summed E-state index contributed by atoms with van der Waals surface area (Å²) in [6.45, 7) is 6.13. The van der Waals surface area contributed by atoms with Crippen LogP contribution < -0.4 is 5.73 Å². The third kappa shape index (κ3) is 5.59. The van der Waals surface area contributed by atoms with Gasteiger partial charge in [-0.1, -0.05) is 45.7 Å². The lowest BCUT2D eigenvalue weighted by Crippen LogP contribution is -2.28. The number of aryl methyl sites for hydroxylation is 1. The standard InChI is InChI=1S/C24H31NO4/c1-4-7-8-12-22(23(27)20-14-13-17(26)15-21(20)25)29-24(28)19-11-9-10-16(5-2)18(19)6-3/h9-11,13-15,22,26H,4-8,12,25H2,1-3H3. The molecule has 29 heavy (non-hydrogen) atoms. The lowest BCUT2D eigenvalue weighted by molar-refractivity contribution is 0.0262. The van der Waals surface area contributed by atoms with E-state index in [4.69, 9.17) is 10.5 Å². The molecule has 0 amide bonds. The van der Waals surface area contributed by atoms with Crippen molar-refractivity contribution in [3.8, 4) is 5.75 Å². The van der Waals surface area contributed by atoms with Crippen LogP contribution >= 0.6 is 0 Å². The number of Topliss-reactive ketones (excluding diaryl/α,β-unsaturated/α-hetero) is 1. The molecule has 0 saturated carbocycles. The summed E-state index contributed by atoms with van der Waals surface area (Å²) in [4.78, 5) is 26.0. The number of esters is 1. The summed E-state index contributed by atoms with van der Waals surface area (Å²) in [5, 5.41) is 9.56. The molecule has 1 unspecified atom stereocenters. The number of carbonyl (C=O) groups is 2. The fourth-order valence-corrected chi connectivity index (χ4v) is 3.54. The van der Waals surface area contributed by atoms with Gasteiger partial charge in [0.2, 0.25) is 5.78 Å². The van der Waals surface area contributed by atoms with E-state index in [0.717, 1.165) is 36.8 Å². The quantitative estimate of drug-likeness (QED) is 0.252. The topological polar surface area (TPSA) is 89.6 Å². The maximum atomic E-state index is 13.1. The molecule has 2 rings (SSSR count). The van der Waals surface area contributed by atoms with E-state index < -0.39 is 12.1 Å². The number of nitrogen functional groups attached to an aromatic ring is 1. The van der Waals surface area contributed by atoms with E-state index in [-0.39, 0.29) is 22.8 Å². The molecule has 5 heteroatoms. The number of ketones is 1. The number of benzene rings is 2. The van der Waals surface area contributed by atoms with Gasteiger partial charge in [-0.15, -0.1) is 0 Å². The van der Waals surface area contributed by atoms with Gasteiger partial charge in [-0.2, -0.15) is 0 Å². The van der Waals surface area contributed by atoms with Crippen LogP contribution in [0.25, 0.3) is 0 Å². The molecular weight excluding hydrogens is 366 g/mol. The first-order valence-electron chi connectivity index (χ1n) is 10.4. The summed E-state index contributed by atoms with van der Waals surface area (Å²) in [6, 6.07) is 9.83. The Hall–Kier alpha value is -2.82. The van der Waals surface area contributed by atoms with Gasteiger partial charge in [0.1, 0.15) is 5.75 Å². The summed E-state index contributed by atoms with van der Waals surface area (Å²) in [7, 11) is 0. The monoisotopic (exact) mass is 397 g/mol. The Morgan fingerprint density at radius 3 is 2.41 bits per heavy atom. The maximum absolute atomic E-state index is 13.1. The Kier molecular flexibility index (Phi) is 8.25. The van der Waals surface area contributed by atoms with Crippen LogP contribution in [0.3, 0.4) is 0 Å². The number of hydrogen-bond donors (Lipinski definition) is 2. The third-order valence-corrected chi connectivity index (χ3v) is 5.14. The average molecular weight is 398 g/mol. The van der Waals surface area contributed by atoms with Crippen molar-refractivity contribution < 1.29 is 19.4 Å². The SMILES string of the molecule is CCCCCC(OC(=O)c1cccc(CC)c1CC)C(=O)c1ccc(O)cc1N. The van der Waals surface area contributed by atoms with Crippen molar-refractivity contribution in [3.05, 3.63) is 58.7 Å². The number of hydrogen-bond acceptors (Lipinski definition) is 5. The highest BCUT2D eigenvalue weighted by Gasteiger charge is 2.27. The molecule has 0 aliphatic rings. The van der Waals surface area contributed by atoms with Gasteiger partial charge in [-0.05, 0) is 55.0 Å². The molecule has 2 aromatic carbocycles. The molecule has 2 aromatic rings. The predicted molar refractivity (Wildman–Crippen MR) is 115 cm³/mol. The second-order valence-electron chi connectivity index (χ2n) is 7.18. The zero-order chi connectivity index (χ0) is 21.4. The van der Waals surface area contributed by atoms with Gasteiger partial charge >= 0.3 is 5.97 Å². The molecule has 0 heterocycles. The summed E-state index contributed by atoms with van der Waals surface area (Å²) < 4.78 is 5.72. The van der Waals surface area contributed by atoms with Crippen molar-refractivity contribution in [2.75, 3.05) is 5.73 Å². The van der Waals surface area contributed by atoms with Crippen LogP contribution in [0.5, 0.6) is 5.75 Å². The molecule has 0 radical (unpaired) electrons. The van der Waals surface area contributed by atoms with Crippen LogP contribution in [0.2, 0.25) is 0 Å². The zero-order valence-corrected chi connectivity index (χ0v) is 17.5. The Morgan fingerprint density at radius 1 is 1.03 bits per heavy atom. The molecular formula is C24H31NO4. The first-order chi connectivity index (χ1) is 13.9. The lowest BCUT2D eigenvalue weighted by atomic mass is 9.96. The second-order valence-corrected chi connectivity index (χ2v) is 7.18. The van der Waals surface area contributed by atoms with E-state index >= 15 is 0 Å². The summed E-state index contributed by atoms with van der Waals surface area (Å²) >= 11 is 0. The van der Waals surface area contributed by atoms with Gasteiger partial charge in [0.15, 0.2) is 6.10 Å². The number of aromatic hydroxyl groups is 1. The molecule has 0 aliphatic heterocycles. The normalized spacial score (nSPS) is 11.8. The average Bonchev–Trinajstić information content (AvgIpc) is 2.71. The van der Waals surface area contributed by atoms with Gasteiger partial charge in [-0.3, -0.25) is 4.79 Å². The molecule has 0 fully saturated rings. The van der Waals surface area contributed by atoms with Gasteiger partial charge in [0.05, 0.1) is 5.56 Å². The molecule has 3 N–H and O–H groups in total. The van der Waals surface area contributed by atoms with Crippen molar-refractivity contribution in [1.29, 1.82) is 0 Å². The van der Waals surface area contributed by atoms with Gasteiger partial charge in [0, 0.05) is 17.3 Å². The number of phenolic OH excluding ortho intramolecular Hbond substituents is 1. The van der Waals surface area contributed by atoms with Crippen LogP contribution in [-0.4, -0.2) is 23.0 Å². The van der Waals surface area contributed by atoms with Crippen molar-refractivity contribution in [2.45, 2.75) is 65.4 Å². The van der Waals surface area contributed by atoms with Crippen molar-refractivity contribution in [3.63, 3.8) is 0 Å². The number of nitrogens with two attached hydrogens (primary N) is 1. The van der Waals surface area contributed by atoms with E-state index in [2.05, 4.69) is 6.92 Å². The summed E-state index contributed by atoms with van der Waals surface area (Å²) in [5.41, 5.74) is 8.94. The Labute approximate surface area is 172 Å². The molecule has 5 nitrogen and oxygen atoms in total. The lowest BCUT2D eigenvalue weighted by Gasteiger charge is -2.19. The number of rotatable bonds is 10. The fourth-order valence-electron chi connectivity index (χ4n) is 3.54.